The van der Waals surface area contributed by atoms with Gasteiger partial charge in [-0.15, -0.1) is 0 Å². The zero-order valence-electron chi connectivity index (χ0n) is 20.9. The minimum absolute atomic E-state index is 0.00989. The van der Waals surface area contributed by atoms with Gasteiger partial charge in [-0.3, -0.25) is 9.59 Å². The predicted octanol–water partition coefficient (Wildman–Crippen LogP) is 5.98. The molecule has 0 radical (unpaired) electrons. The van der Waals surface area contributed by atoms with Crippen LogP contribution in [0.1, 0.15) is 66.7 Å². The standard InChI is InChI=1S/C29H31F2N3O2/c1-4-5-13-33-18-25-22(15-26(33)35)27(29(36)32-16-21-11-12-23(30)24(31)14-21)28(19(2)3)34(25)17-20-9-7-6-8-10-20/h6-12,14-15,18-19H,4-5,13,16-17H2,1-3H3,(H,32,36). The number of nitrogens with one attached hydrogen (secondary N) is 1. The Morgan fingerprint density at radius 1 is 1.00 bits per heavy atom. The van der Waals surface area contributed by atoms with Crippen molar-refractivity contribution in [1.29, 1.82) is 0 Å². The smallest absolute Gasteiger partial charge is 0.254 e. The molecule has 2 aromatic heterocycles. The van der Waals surface area contributed by atoms with Gasteiger partial charge in [-0.2, -0.15) is 0 Å². The quantitative estimate of drug-likeness (QED) is 0.313. The molecule has 2 aromatic carbocycles. The van der Waals surface area contributed by atoms with Crippen LogP contribution in [0, 0.1) is 11.6 Å². The van der Waals surface area contributed by atoms with Crippen LogP contribution in [0.3, 0.4) is 0 Å². The molecular weight excluding hydrogens is 460 g/mol. The molecule has 0 spiro atoms. The van der Waals surface area contributed by atoms with Gasteiger partial charge in [0.2, 0.25) is 0 Å². The number of hydrogen-bond acceptors (Lipinski definition) is 2. The molecule has 4 aromatic rings. The molecule has 0 aliphatic heterocycles. The van der Waals surface area contributed by atoms with Gasteiger partial charge in [0.05, 0.1) is 11.1 Å². The number of nitrogens with zero attached hydrogens (tertiary/aromatic N) is 2. The van der Waals surface area contributed by atoms with Gasteiger partial charge in [-0.1, -0.05) is 63.6 Å². The van der Waals surface area contributed by atoms with Crippen LogP contribution in [0.4, 0.5) is 8.78 Å². The molecule has 0 aliphatic carbocycles. The number of benzene rings is 2. The molecule has 36 heavy (non-hydrogen) atoms. The molecule has 188 valence electrons. The number of rotatable bonds is 9. The highest BCUT2D eigenvalue weighted by atomic mass is 19.2. The van der Waals surface area contributed by atoms with Crippen LogP contribution in [0.2, 0.25) is 0 Å². The summed E-state index contributed by atoms with van der Waals surface area (Å²) in [6.07, 6.45) is 3.70. The van der Waals surface area contributed by atoms with Crippen molar-refractivity contribution < 1.29 is 13.6 Å². The average Bonchev–Trinajstić information content (AvgIpc) is 3.16. The van der Waals surface area contributed by atoms with Crippen LogP contribution >= 0.6 is 0 Å². The Kier molecular flexibility index (Phi) is 7.67. The highest BCUT2D eigenvalue weighted by Gasteiger charge is 2.25. The third-order valence-electron chi connectivity index (χ3n) is 6.36. The average molecular weight is 492 g/mol. The summed E-state index contributed by atoms with van der Waals surface area (Å²) in [4.78, 5) is 26.5. The van der Waals surface area contributed by atoms with Crippen LogP contribution in [0.5, 0.6) is 0 Å². The molecular formula is C29H31F2N3O2. The summed E-state index contributed by atoms with van der Waals surface area (Å²) in [6, 6.07) is 15.1. The van der Waals surface area contributed by atoms with E-state index in [9.17, 15) is 18.4 Å². The summed E-state index contributed by atoms with van der Waals surface area (Å²) >= 11 is 0. The van der Waals surface area contributed by atoms with E-state index in [4.69, 9.17) is 0 Å². The van der Waals surface area contributed by atoms with Gasteiger partial charge in [-0.05, 0) is 35.6 Å². The first-order chi connectivity index (χ1) is 17.3. The van der Waals surface area contributed by atoms with Crippen LogP contribution in [-0.2, 0) is 19.6 Å². The van der Waals surface area contributed by atoms with Crippen molar-refractivity contribution in [2.24, 2.45) is 0 Å². The largest absolute Gasteiger partial charge is 0.348 e. The van der Waals surface area contributed by atoms with Crippen LogP contribution in [0.25, 0.3) is 10.9 Å². The number of aryl methyl sites for hydroxylation is 1. The summed E-state index contributed by atoms with van der Waals surface area (Å²) in [7, 11) is 0. The second kappa shape index (κ2) is 10.9. The van der Waals surface area contributed by atoms with Crippen molar-refractivity contribution in [3.05, 3.63) is 105 Å². The highest BCUT2D eigenvalue weighted by Crippen LogP contribution is 2.31. The number of amides is 1. The Labute approximate surface area is 209 Å². The molecule has 0 fully saturated rings. The van der Waals surface area contributed by atoms with Gasteiger partial charge in [0, 0.05) is 43.0 Å². The van der Waals surface area contributed by atoms with E-state index in [1.807, 2.05) is 50.4 Å². The first kappa shape index (κ1) is 25.4. The highest BCUT2D eigenvalue weighted by molar-refractivity contribution is 6.08. The summed E-state index contributed by atoms with van der Waals surface area (Å²) < 4.78 is 30.8. The van der Waals surface area contributed by atoms with E-state index in [1.54, 1.807) is 10.6 Å². The van der Waals surface area contributed by atoms with E-state index in [0.717, 1.165) is 41.7 Å². The molecule has 0 unspecified atom stereocenters. The molecule has 0 saturated carbocycles. The fourth-order valence-electron chi connectivity index (χ4n) is 4.58. The predicted molar refractivity (Wildman–Crippen MR) is 138 cm³/mol. The second-order valence-corrected chi connectivity index (χ2v) is 9.38. The van der Waals surface area contributed by atoms with Gasteiger partial charge < -0.3 is 14.5 Å². The first-order valence-electron chi connectivity index (χ1n) is 12.3. The summed E-state index contributed by atoms with van der Waals surface area (Å²) in [6.45, 7) is 7.31. The van der Waals surface area contributed by atoms with E-state index >= 15 is 0 Å². The normalized spacial score (nSPS) is 11.4. The lowest BCUT2D eigenvalue weighted by atomic mass is 10.0. The maximum Gasteiger partial charge on any atom is 0.254 e. The zero-order chi connectivity index (χ0) is 25.8. The first-order valence-corrected chi connectivity index (χ1v) is 12.3. The third-order valence-corrected chi connectivity index (χ3v) is 6.36. The lowest BCUT2D eigenvalue weighted by Gasteiger charge is -2.16. The van der Waals surface area contributed by atoms with Crippen molar-refractivity contribution in [3.63, 3.8) is 0 Å². The minimum Gasteiger partial charge on any atom is -0.348 e. The zero-order valence-corrected chi connectivity index (χ0v) is 20.9. The van der Waals surface area contributed by atoms with Crippen molar-refractivity contribution in [3.8, 4) is 0 Å². The van der Waals surface area contributed by atoms with Crippen LogP contribution < -0.4 is 10.9 Å². The van der Waals surface area contributed by atoms with E-state index in [0.29, 0.717) is 29.6 Å². The van der Waals surface area contributed by atoms with Gasteiger partial charge in [-0.25, -0.2) is 8.78 Å². The number of hydrogen-bond donors (Lipinski definition) is 1. The molecule has 0 saturated heterocycles. The maximum absolute atomic E-state index is 13.7. The second-order valence-electron chi connectivity index (χ2n) is 9.38. The van der Waals surface area contributed by atoms with Crippen molar-refractivity contribution in [1.82, 2.24) is 14.5 Å². The lowest BCUT2D eigenvalue weighted by Crippen LogP contribution is -2.25. The number of pyridine rings is 1. The topological polar surface area (TPSA) is 56.0 Å². The maximum atomic E-state index is 13.7. The van der Waals surface area contributed by atoms with E-state index in [2.05, 4.69) is 16.8 Å². The molecule has 1 N–H and O–H groups in total. The Morgan fingerprint density at radius 3 is 2.42 bits per heavy atom. The van der Waals surface area contributed by atoms with Crippen LogP contribution in [-0.4, -0.2) is 15.0 Å². The monoisotopic (exact) mass is 491 g/mol. The molecule has 2 heterocycles. The van der Waals surface area contributed by atoms with Crippen molar-refractivity contribution >= 4 is 16.8 Å². The number of fused-ring (bicyclic) bond motifs is 1. The Bertz CT molecular complexity index is 1440. The number of aromatic nitrogens is 2. The van der Waals surface area contributed by atoms with E-state index in [-0.39, 0.29) is 23.9 Å². The molecule has 0 atom stereocenters. The minimum atomic E-state index is -0.961. The Hall–Kier alpha value is -3.74. The number of unbranched alkanes of at least 4 members (excludes halogenated alkanes) is 1. The Morgan fingerprint density at radius 2 is 1.75 bits per heavy atom. The molecule has 0 bridgehead atoms. The molecule has 4 rings (SSSR count). The SMILES string of the molecule is CCCCn1cc2c(cc1=O)c(C(=O)NCc1ccc(F)c(F)c1)c(C(C)C)n2Cc1ccccc1. The summed E-state index contributed by atoms with van der Waals surface area (Å²) in [5.41, 5.74) is 3.45. The number of halogens is 2. The van der Waals surface area contributed by atoms with E-state index in [1.165, 1.54) is 6.07 Å². The van der Waals surface area contributed by atoms with Gasteiger partial charge >= 0.3 is 0 Å². The van der Waals surface area contributed by atoms with Gasteiger partial charge in [0.15, 0.2) is 11.6 Å². The fraction of sp³-hybridized carbons (Fsp3) is 0.310. The van der Waals surface area contributed by atoms with Crippen molar-refractivity contribution in [2.45, 2.75) is 59.2 Å². The summed E-state index contributed by atoms with van der Waals surface area (Å²) in [5, 5.41) is 3.44. The number of carbonyl (C=O) groups is 1. The van der Waals surface area contributed by atoms with Crippen molar-refractivity contribution in [2.75, 3.05) is 0 Å². The lowest BCUT2D eigenvalue weighted by molar-refractivity contribution is 0.0951. The van der Waals surface area contributed by atoms with Gasteiger partial charge in [0.25, 0.3) is 11.5 Å². The molecule has 7 heteroatoms. The third kappa shape index (κ3) is 5.25. The number of carbonyl (C=O) groups excluding carboxylic acids is 1. The molecule has 1 amide bonds. The van der Waals surface area contributed by atoms with Crippen LogP contribution in [0.15, 0.2) is 65.6 Å². The molecule has 0 aliphatic rings. The summed E-state index contributed by atoms with van der Waals surface area (Å²) in [5.74, 6) is -2.26. The molecule has 5 nitrogen and oxygen atoms in total. The Balaban J connectivity index is 1.82. The van der Waals surface area contributed by atoms with E-state index < -0.39 is 11.6 Å². The fourth-order valence-corrected chi connectivity index (χ4v) is 4.58. The van der Waals surface area contributed by atoms with Gasteiger partial charge in [0.1, 0.15) is 0 Å².